The van der Waals surface area contributed by atoms with Gasteiger partial charge in [0.2, 0.25) is 5.76 Å². The smallest absolute Gasteiger partial charge is 0.290 e. The van der Waals surface area contributed by atoms with Crippen LogP contribution in [0.2, 0.25) is 0 Å². The SMILES string of the molecule is CCC[C@H]1CN(CCCSC)C[C@@H]1NC(=O)c1cc(=O)[nH]o1. The van der Waals surface area contributed by atoms with Gasteiger partial charge in [0.1, 0.15) is 0 Å². The summed E-state index contributed by atoms with van der Waals surface area (Å²) in [5.41, 5.74) is -0.389. The van der Waals surface area contributed by atoms with E-state index in [0.717, 1.165) is 32.5 Å². The fraction of sp³-hybridized carbons (Fsp3) is 0.733. The Morgan fingerprint density at radius 1 is 1.55 bits per heavy atom. The summed E-state index contributed by atoms with van der Waals surface area (Å²) in [6.07, 6.45) is 5.50. The quantitative estimate of drug-likeness (QED) is 0.708. The third kappa shape index (κ3) is 4.64. The molecule has 0 radical (unpaired) electrons. The van der Waals surface area contributed by atoms with Gasteiger partial charge in [-0.2, -0.15) is 16.9 Å². The Morgan fingerprint density at radius 2 is 2.36 bits per heavy atom. The van der Waals surface area contributed by atoms with Crippen molar-refractivity contribution in [3.8, 4) is 0 Å². The number of hydrogen-bond donors (Lipinski definition) is 2. The summed E-state index contributed by atoms with van der Waals surface area (Å²) in [5.74, 6) is 1.38. The molecule has 22 heavy (non-hydrogen) atoms. The summed E-state index contributed by atoms with van der Waals surface area (Å²) in [6.45, 7) is 5.15. The number of nitrogens with one attached hydrogen (secondary N) is 2. The monoisotopic (exact) mass is 327 g/mol. The van der Waals surface area contributed by atoms with Crippen LogP contribution >= 0.6 is 11.8 Å². The highest BCUT2D eigenvalue weighted by Gasteiger charge is 2.33. The highest BCUT2D eigenvalue weighted by molar-refractivity contribution is 7.98. The van der Waals surface area contributed by atoms with Gasteiger partial charge in [-0.1, -0.05) is 13.3 Å². The number of thioether (sulfide) groups is 1. The number of likely N-dealkylation sites (tertiary alicyclic amines) is 1. The van der Waals surface area contributed by atoms with Crippen molar-refractivity contribution in [3.05, 3.63) is 22.2 Å². The molecule has 1 fully saturated rings. The van der Waals surface area contributed by atoms with E-state index in [1.165, 1.54) is 18.2 Å². The van der Waals surface area contributed by atoms with Crippen LogP contribution < -0.4 is 10.9 Å². The van der Waals surface area contributed by atoms with Gasteiger partial charge in [-0.15, -0.1) is 0 Å². The number of H-pyrrole nitrogens is 1. The standard InChI is InChI=1S/C15H25N3O3S/c1-3-5-11-9-18(6-4-7-22-2)10-12(11)16-15(20)13-8-14(19)17-21-13/h8,11-12H,3-7,9-10H2,1-2H3,(H,16,20)(H,17,19)/t11-,12-/m0/s1. The van der Waals surface area contributed by atoms with Crippen LogP contribution in [0.25, 0.3) is 0 Å². The van der Waals surface area contributed by atoms with Gasteiger partial charge in [0.05, 0.1) is 6.07 Å². The van der Waals surface area contributed by atoms with E-state index in [0.29, 0.717) is 5.92 Å². The summed E-state index contributed by atoms with van der Waals surface area (Å²) in [4.78, 5) is 25.6. The van der Waals surface area contributed by atoms with E-state index >= 15 is 0 Å². The van der Waals surface area contributed by atoms with Gasteiger partial charge in [-0.3, -0.25) is 9.59 Å². The zero-order valence-corrected chi connectivity index (χ0v) is 14.1. The second kappa shape index (κ2) is 8.43. The van der Waals surface area contributed by atoms with Crippen molar-refractivity contribution >= 4 is 17.7 Å². The topological polar surface area (TPSA) is 78.3 Å². The van der Waals surface area contributed by atoms with Gasteiger partial charge < -0.3 is 14.7 Å². The second-order valence-corrected chi connectivity index (χ2v) is 6.80. The molecule has 2 heterocycles. The molecular weight excluding hydrogens is 302 g/mol. The zero-order chi connectivity index (χ0) is 15.9. The average Bonchev–Trinajstić information content (AvgIpc) is 3.07. The Kier molecular flexibility index (Phi) is 6.57. The Hall–Kier alpha value is -1.21. The molecule has 2 N–H and O–H groups in total. The lowest BCUT2D eigenvalue weighted by molar-refractivity contribution is 0.0891. The first-order valence-corrected chi connectivity index (χ1v) is 9.24. The predicted molar refractivity (Wildman–Crippen MR) is 88.4 cm³/mol. The van der Waals surface area contributed by atoms with Gasteiger partial charge in [-0.05, 0) is 37.3 Å². The fourth-order valence-electron chi connectivity index (χ4n) is 3.04. The van der Waals surface area contributed by atoms with Gasteiger partial charge in [0.15, 0.2) is 0 Å². The first-order valence-electron chi connectivity index (χ1n) is 7.84. The van der Waals surface area contributed by atoms with Gasteiger partial charge >= 0.3 is 0 Å². The van der Waals surface area contributed by atoms with Crippen molar-refractivity contribution < 1.29 is 9.32 Å². The molecule has 124 valence electrons. The van der Waals surface area contributed by atoms with E-state index in [4.69, 9.17) is 4.52 Å². The summed E-state index contributed by atoms with van der Waals surface area (Å²) in [6, 6.07) is 1.32. The van der Waals surface area contributed by atoms with E-state index in [9.17, 15) is 9.59 Å². The molecule has 2 atom stereocenters. The maximum absolute atomic E-state index is 12.1. The predicted octanol–water partition coefficient (Wildman–Crippen LogP) is 1.55. The van der Waals surface area contributed by atoms with Crippen molar-refractivity contribution in [2.75, 3.05) is 31.6 Å². The molecule has 1 aromatic rings. The number of carbonyl (C=O) groups is 1. The van der Waals surface area contributed by atoms with Gasteiger partial charge in [-0.25, -0.2) is 0 Å². The largest absolute Gasteiger partial charge is 0.373 e. The summed E-state index contributed by atoms with van der Waals surface area (Å²) >= 11 is 1.87. The van der Waals surface area contributed by atoms with Crippen molar-refractivity contribution in [2.24, 2.45) is 5.92 Å². The minimum Gasteiger partial charge on any atom is -0.373 e. The fourth-order valence-corrected chi connectivity index (χ4v) is 3.45. The van der Waals surface area contributed by atoms with Crippen LogP contribution in [-0.4, -0.2) is 53.6 Å². The summed E-state index contributed by atoms with van der Waals surface area (Å²) in [7, 11) is 0. The maximum atomic E-state index is 12.1. The number of rotatable bonds is 8. The molecule has 0 aliphatic carbocycles. The van der Waals surface area contributed by atoms with Crippen LogP contribution in [0.1, 0.15) is 36.7 Å². The number of hydrogen-bond acceptors (Lipinski definition) is 5. The van der Waals surface area contributed by atoms with E-state index in [2.05, 4.69) is 28.6 Å². The molecule has 0 unspecified atom stereocenters. The normalized spacial score (nSPS) is 22.1. The zero-order valence-electron chi connectivity index (χ0n) is 13.3. The molecule has 2 rings (SSSR count). The molecule has 6 nitrogen and oxygen atoms in total. The lowest BCUT2D eigenvalue weighted by Gasteiger charge is -2.18. The van der Waals surface area contributed by atoms with Crippen LogP contribution in [0.3, 0.4) is 0 Å². The lowest BCUT2D eigenvalue weighted by atomic mass is 9.98. The van der Waals surface area contributed by atoms with E-state index in [1.54, 1.807) is 0 Å². The molecule has 1 saturated heterocycles. The minimum atomic E-state index is -0.389. The van der Waals surface area contributed by atoms with Crippen molar-refractivity contribution in [3.63, 3.8) is 0 Å². The molecule has 0 saturated carbocycles. The van der Waals surface area contributed by atoms with Crippen molar-refractivity contribution in [1.29, 1.82) is 0 Å². The van der Waals surface area contributed by atoms with Crippen molar-refractivity contribution in [1.82, 2.24) is 15.4 Å². The Balaban J connectivity index is 1.91. The highest BCUT2D eigenvalue weighted by Crippen LogP contribution is 2.22. The van der Waals surface area contributed by atoms with E-state index < -0.39 is 0 Å². The Morgan fingerprint density at radius 3 is 3.00 bits per heavy atom. The number of aromatic nitrogens is 1. The molecule has 0 bridgehead atoms. The first-order chi connectivity index (χ1) is 10.6. The number of nitrogens with zero attached hydrogens (tertiary/aromatic N) is 1. The van der Waals surface area contributed by atoms with Crippen LogP contribution in [0, 0.1) is 5.92 Å². The number of aromatic amines is 1. The maximum Gasteiger partial charge on any atom is 0.290 e. The number of carbonyl (C=O) groups excluding carboxylic acids is 1. The third-order valence-corrected chi connectivity index (χ3v) is 4.76. The molecule has 1 aromatic heterocycles. The average molecular weight is 327 g/mol. The van der Waals surface area contributed by atoms with Crippen LogP contribution in [0.15, 0.2) is 15.4 Å². The molecule has 0 spiro atoms. The van der Waals surface area contributed by atoms with E-state index in [1.807, 2.05) is 11.8 Å². The van der Waals surface area contributed by atoms with Crippen LogP contribution in [0.5, 0.6) is 0 Å². The van der Waals surface area contributed by atoms with Gasteiger partial charge in [0, 0.05) is 19.1 Å². The molecule has 7 heteroatoms. The second-order valence-electron chi connectivity index (χ2n) is 5.81. The molecular formula is C15H25N3O3S. The summed E-state index contributed by atoms with van der Waals surface area (Å²) < 4.78 is 4.87. The minimum absolute atomic E-state index is 0.0566. The molecule has 1 aliphatic heterocycles. The highest BCUT2D eigenvalue weighted by atomic mass is 32.2. The molecule has 1 aliphatic rings. The third-order valence-electron chi connectivity index (χ3n) is 4.06. The van der Waals surface area contributed by atoms with Crippen LogP contribution in [-0.2, 0) is 0 Å². The van der Waals surface area contributed by atoms with Crippen molar-refractivity contribution in [2.45, 2.75) is 32.2 Å². The Bertz CT molecular complexity index is 528. The number of amides is 1. The van der Waals surface area contributed by atoms with Crippen LogP contribution in [0.4, 0.5) is 0 Å². The Labute approximate surface area is 135 Å². The molecule has 0 aromatic carbocycles. The molecule has 1 amide bonds. The first kappa shape index (κ1) is 17.1. The van der Waals surface area contributed by atoms with E-state index in [-0.39, 0.29) is 23.3 Å². The van der Waals surface area contributed by atoms with Gasteiger partial charge in [0.25, 0.3) is 11.5 Å². The lowest BCUT2D eigenvalue weighted by Crippen LogP contribution is -2.40. The summed E-state index contributed by atoms with van der Waals surface area (Å²) in [5, 5.41) is 5.18.